The third kappa shape index (κ3) is 2.50. The Balaban J connectivity index is 2.55. The van der Waals surface area contributed by atoms with Crippen molar-refractivity contribution in [2.75, 3.05) is 0 Å². The molecule has 0 amide bonds. The number of benzene rings is 2. The van der Waals surface area contributed by atoms with E-state index in [1.54, 1.807) is 0 Å². The van der Waals surface area contributed by atoms with Crippen LogP contribution in [0, 0.1) is 0 Å². The van der Waals surface area contributed by atoms with Crippen LogP contribution in [0.4, 0.5) is 0 Å². The fourth-order valence-corrected chi connectivity index (χ4v) is 2.66. The van der Waals surface area contributed by atoms with Gasteiger partial charge in [0.25, 0.3) is 0 Å². The lowest BCUT2D eigenvalue weighted by molar-refractivity contribution is 0.157. The van der Waals surface area contributed by atoms with E-state index in [2.05, 4.69) is 56.3 Å². The minimum absolute atomic E-state index is 0.00493. The number of aliphatic hydroxyl groups is 1. The van der Waals surface area contributed by atoms with E-state index in [0.29, 0.717) is 0 Å². The topological polar surface area (TPSA) is 20.2 Å². The molecule has 0 fully saturated rings. The van der Waals surface area contributed by atoms with Crippen molar-refractivity contribution in [1.29, 1.82) is 0 Å². The van der Waals surface area contributed by atoms with E-state index in [0.717, 1.165) is 6.42 Å². The van der Waals surface area contributed by atoms with E-state index >= 15 is 0 Å². The molecule has 1 heteroatoms. The van der Waals surface area contributed by atoms with Crippen molar-refractivity contribution in [2.45, 2.75) is 38.7 Å². The predicted octanol–water partition coefficient (Wildman–Crippen LogP) is 3.89. The first-order chi connectivity index (χ1) is 8.00. The third-order valence-corrected chi connectivity index (χ3v) is 3.32. The van der Waals surface area contributed by atoms with Crippen LogP contribution >= 0.6 is 0 Å². The standard InChI is InChI=1S/C16H20O/c1-12(17)11-16(2,3)15-10-6-8-13-7-4-5-9-14(13)15/h4-10,12,17H,11H2,1-3H3. The molecule has 0 aliphatic rings. The molecule has 1 unspecified atom stereocenters. The molecule has 0 saturated heterocycles. The summed E-state index contributed by atoms with van der Waals surface area (Å²) >= 11 is 0. The first-order valence-electron chi connectivity index (χ1n) is 6.17. The van der Waals surface area contributed by atoms with Crippen LogP contribution in [-0.4, -0.2) is 11.2 Å². The Morgan fingerprint density at radius 2 is 1.71 bits per heavy atom. The first-order valence-corrected chi connectivity index (χ1v) is 6.17. The van der Waals surface area contributed by atoms with E-state index in [-0.39, 0.29) is 11.5 Å². The average Bonchev–Trinajstić information content (AvgIpc) is 2.26. The highest BCUT2D eigenvalue weighted by molar-refractivity contribution is 5.86. The zero-order valence-electron chi connectivity index (χ0n) is 10.8. The Labute approximate surface area is 103 Å². The van der Waals surface area contributed by atoms with Crippen molar-refractivity contribution in [2.24, 2.45) is 0 Å². The van der Waals surface area contributed by atoms with Gasteiger partial charge in [-0.05, 0) is 35.1 Å². The van der Waals surface area contributed by atoms with Crippen LogP contribution in [0.3, 0.4) is 0 Å². The predicted molar refractivity (Wildman–Crippen MR) is 73.3 cm³/mol. The smallest absolute Gasteiger partial charge is 0.0520 e. The summed E-state index contributed by atoms with van der Waals surface area (Å²) in [5, 5.41) is 12.2. The Hall–Kier alpha value is -1.34. The van der Waals surface area contributed by atoms with E-state index in [9.17, 15) is 5.11 Å². The molecule has 0 aliphatic heterocycles. The second-order valence-electron chi connectivity index (χ2n) is 5.46. The maximum atomic E-state index is 9.62. The maximum Gasteiger partial charge on any atom is 0.0520 e. The minimum Gasteiger partial charge on any atom is -0.393 e. The first kappa shape index (κ1) is 12.1. The zero-order valence-corrected chi connectivity index (χ0v) is 10.8. The second kappa shape index (κ2) is 4.50. The number of rotatable bonds is 3. The highest BCUT2D eigenvalue weighted by atomic mass is 16.3. The summed E-state index contributed by atoms with van der Waals surface area (Å²) in [6.45, 7) is 6.25. The van der Waals surface area contributed by atoms with Crippen molar-refractivity contribution in [3.8, 4) is 0 Å². The fraction of sp³-hybridized carbons (Fsp3) is 0.375. The van der Waals surface area contributed by atoms with Gasteiger partial charge in [-0.15, -0.1) is 0 Å². The molecule has 2 aromatic rings. The molecule has 17 heavy (non-hydrogen) atoms. The molecule has 90 valence electrons. The Kier molecular flexibility index (Phi) is 3.21. The zero-order chi connectivity index (χ0) is 12.5. The molecule has 1 atom stereocenters. The summed E-state index contributed by atoms with van der Waals surface area (Å²) in [5.41, 5.74) is 1.31. The van der Waals surface area contributed by atoms with Gasteiger partial charge in [0, 0.05) is 0 Å². The molecule has 2 rings (SSSR count). The number of aliphatic hydroxyl groups excluding tert-OH is 1. The van der Waals surface area contributed by atoms with Crippen LogP contribution in [0.5, 0.6) is 0 Å². The van der Waals surface area contributed by atoms with Gasteiger partial charge < -0.3 is 5.11 Å². The van der Waals surface area contributed by atoms with Crippen LogP contribution in [-0.2, 0) is 5.41 Å². The quantitative estimate of drug-likeness (QED) is 0.845. The summed E-state index contributed by atoms with van der Waals surface area (Å²) in [6, 6.07) is 14.8. The van der Waals surface area contributed by atoms with Gasteiger partial charge in [-0.2, -0.15) is 0 Å². The second-order valence-corrected chi connectivity index (χ2v) is 5.46. The molecule has 0 bridgehead atoms. The molecule has 0 spiro atoms. The lowest BCUT2D eigenvalue weighted by Gasteiger charge is -2.28. The van der Waals surface area contributed by atoms with E-state index in [1.165, 1.54) is 16.3 Å². The molecule has 2 aromatic carbocycles. The van der Waals surface area contributed by atoms with Crippen LogP contribution in [0.1, 0.15) is 32.8 Å². The molecule has 0 saturated carbocycles. The largest absolute Gasteiger partial charge is 0.393 e. The highest BCUT2D eigenvalue weighted by Gasteiger charge is 2.24. The molecule has 1 N–H and O–H groups in total. The number of fused-ring (bicyclic) bond motifs is 1. The van der Waals surface area contributed by atoms with Crippen LogP contribution in [0.15, 0.2) is 42.5 Å². The number of hydrogen-bond donors (Lipinski definition) is 1. The van der Waals surface area contributed by atoms with Crippen LogP contribution < -0.4 is 0 Å². The normalized spacial score (nSPS) is 13.9. The lowest BCUT2D eigenvalue weighted by Crippen LogP contribution is -2.23. The van der Waals surface area contributed by atoms with Gasteiger partial charge in [0.15, 0.2) is 0 Å². The monoisotopic (exact) mass is 228 g/mol. The molecule has 0 heterocycles. The Morgan fingerprint density at radius 3 is 2.41 bits per heavy atom. The van der Waals surface area contributed by atoms with Gasteiger partial charge in [0.05, 0.1) is 6.10 Å². The highest BCUT2D eigenvalue weighted by Crippen LogP contribution is 2.33. The molecular formula is C16H20O. The molecule has 0 aromatic heterocycles. The van der Waals surface area contributed by atoms with Crippen molar-refractivity contribution < 1.29 is 5.11 Å². The van der Waals surface area contributed by atoms with Gasteiger partial charge in [-0.3, -0.25) is 0 Å². The SMILES string of the molecule is CC(O)CC(C)(C)c1cccc2ccccc12. The maximum absolute atomic E-state index is 9.62. The average molecular weight is 228 g/mol. The van der Waals surface area contributed by atoms with E-state index in [1.807, 2.05) is 6.92 Å². The summed E-state index contributed by atoms with van der Waals surface area (Å²) in [7, 11) is 0. The summed E-state index contributed by atoms with van der Waals surface area (Å²) in [6.07, 6.45) is 0.505. The van der Waals surface area contributed by atoms with Crippen molar-refractivity contribution in [3.63, 3.8) is 0 Å². The van der Waals surface area contributed by atoms with Gasteiger partial charge in [-0.25, -0.2) is 0 Å². The molecular weight excluding hydrogens is 208 g/mol. The van der Waals surface area contributed by atoms with Gasteiger partial charge >= 0.3 is 0 Å². The Bertz CT molecular complexity index is 506. The summed E-state index contributed by atoms with van der Waals surface area (Å²) in [4.78, 5) is 0. The van der Waals surface area contributed by atoms with Gasteiger partial charge in [-0.1, -0.05) is 56.3 Å². The van der Waals surface area contributed by atoms with E-state index < -0.39 is 0 Å². The fourth-order valence-electron chi connectivity index (χ4n) is 2.66. The Morgan fingerprint density at radius 1 is 1.06 bits per heavy atom. The third-order valence-electron chi connectivity index (χ3n) is 3.32. The van der Waals surface area contributed by atoms with Crippen LogP contribution in [0.25, 0.3) is 10.8 Å². The van der Waals surface area contributed by atoms with Crippen molar-refractivity contribution in [3.05, 3.63) is 48.0 Å². The lowest BCUT2D eigenvalue weighted by atomic mass is 9.78. The molecule has 0 radical (unpaired) electrons. The summed E-state index contributed by atoms with van der Waals surface area (Å²) in [5.74, 6) is 0. The summed E-state index contributed by atoms with van der Waals surface area (Å²) < 4.78 is 0. The molecule has 1 nitrogen and oxygen atoms in total. The van der Waals surface area contributed by atoms with Gasteiger partial charge in [0.2, 0.25) is 0 Å². The van der Waals surface area contributed by atoms with Crippen molar-refractivity contribution >= 4 is 10.8 Å². The van der Waals surface area contributed by atoms with Crippen molar-refractivity contribution in [1.82, 2.24) is 0 Å². The van der Waals surface area contributed by atoms with Gasteiger partial charge in [0.1, 0.15) is 0 Å². The van der Waals surface area contributed by atoms with Crippen LogP contribution in [0.2, 0.25) is 0 Å². The number of hydrogen-bond acceptors (Lipinski definition) is 1. The molecule has 0 aliphatic carbocycles. The van der Waals surface area contributed by atoms with E-state index in [4.69, 9.17) is 0 Å². The minimum atomic E-state index is -0.274.